The Morgan fingerprint density at radius 2 is 2.08 bits per heavy atom. The topological polar surface area (TPSA) is 73.3 Å². The van der Waals surface area contributed by atoms with E-state index in [9.17, 15) is 4.79 Å². The van der Waals surface area contributed by atoms with Crippen molar-refractivity contribution in [1.29, 1.82) is 0 Å². The van der Waals surface area contributed by atoms with E-state index in [1.54, 1.807) is 0 Å². The summed E-state index contributed by atoms with van der Waals surface area (Å²) in [5, 5.41) is 4.02. The SMILES string of the molecule is CSc1ncc(Cl)c(C(=O)NCCc2cc(Cl)c3c(c2)OCCO3)n1. The maximum absolute atomic E-state index is 12.3. The van der Waals surface area contributed by atoms with Crippen LogP contribution in [0.25, 0.3) is 0 Å². The third-order valence-corrected chi connectivity index (χ3v) is 4.59. The third kappa shape index (κ3) is 4.29. The summed E-state index contributed by atoms with van der Waals surface area (Å²) in [4.78, 5) is 20.4. The van der Waals surface area contributed by atoms with Crippen molar-refractivity contribution in [3.63, 3.8) is 0 Å². The first-order chi connectivity index (χ1) is 12.1. The minimum Gasteiger partial charge on any atom is -0.486 e. The molecular weight excluding hydrogens is 385 g/mol. The van der Waals surface area contributed by atoms with Gasteiger partial charge in [-0.15, -0.1) is 0 Å². The minimum atomic E-state index is -0.341. The van der Waals surface area contributed by atoms with Gasteiger partial charge >= 0.3 is 0 Å². The average Bonchev–Trinajstić information content (AvgIpc) is 2.62. The molecule has 6 nitrogen and oxygen atoms in total. The predicted octanol–water partition coefficient (Wildman–Crippen LogP) is 3.25. The summed E-state index contributed by atoms with van der Waals surface area (Å²) >= 11 is 13.6. The second-order valence-corrected chi connectivity index (χ2v) is 6.75. The number of aromatic nitrogens is 2. The molecule has 0 aliphatic carbocycles. The van der Waals surface area contributed by atoms with Crippen molar-refractivity contribution in [3.05, 3.63) is 39.6 Å². The van der Waals surface area contributed by atoms with Crippen LogP contribution in [0.15, 0.2) is 23.5 Å². The maximum Gasteiger partial charge on any atom is 0.271 e. The molecule has 0 spiro atoms. The summed E-state index contributed by atoms with van der Waals surface area (Å²) in [5.74, 6) is 0.855. The number of rotatable bonds is 5. The van der Waals surface area contributed by atoms with Gasteiger partial charge in [0.25, 0.3) is 5.91 Å². The number of carbonyl (C=O) groups is 1. The number of nitrogens with one attached hydrogen (secondary N) is 1. The highest BCUT2D eigenvalue weighted by molar-refractivity contribution is 7.98. The Morgan fingerprint density at radius 1 is 1.28 bits per heavy atom. The average molecular weight is 400 g/mol. The number of fused-ring (bicyclic) bond motifs is 1. The number of amides is 1. The molecule has 0 bridgehead atoms. The van der Waals surface area contributed by atoms with Crippen molar-refractivity contribution in [2.24, 2.45) is 0 Å². The molecule has 1 aliphatic heterocycles. The standard InChI is InChI=1S/C16H15Cl2N3O3S/c1-25-16-20-8-11(18)13(21-16)15(22)19-3-2-9-6-10(17)14-12(7-9)23-4-5-24-14/h6-8H,2-5H2,1H3,(H,19,22). The molecule has 3 rings (SSSR count). The number of hydrogen-bond donors (Lipinski definition) is 1. The second kappa shape index (κ2) is 8.12. The number of thioether (sulfide) groups is 1. The van der Waals surface area contributed by atoms with Crippen molar-refractivity contribution in [1.82, 2.24) is 15.3 Å². The number of halogens is 2. The van der Waals surface area contributed by atoms with Crippen molar-refractivity contribution in [2.45, 2.75) is 11.6 Å². The molecule has 9 heteroatoms. The highest BCUT2D eigenvalue weighted by Crippen LogP contribution is 2.38. The normalized spacial score (nSPS) is 12.8. The smallest absolute Gasteiger partial charge is 0.271 e. The van der Waals surface area contributed by atoms with Crippen LogP contribution in [-0.4, -0.2) is 41.9 Å². The highest BCUT2D eigenvalue weighted by Gasteiger charge is 2.17. The number of carbonyl (C=O) groups excluding carboxylic acids is 1. The summed E-state index contributed by atoms with van der Waals surface area (Å²) in [7, 11) is 0. The lowest BCUT2D eigenvalue weighted by molar-refractivity contribution is 0.0948. The van der Waals surface area contributed by atoms with Crippen molar-refractivity contribution in [3.8, 4) is 11.5 Å². The first-order valence-electron chi connectivity index (χ1n) is 7.51. The Kier molecular flexibility index (Phi) is 5.88. The molecule has 0 unspecified atom stereocenters. The van der Waals surface area contributed by atoms with E-state index in [4.69, 9.17) is 32.7 Å². The Hall–Kier alpha value is -1.70. The predicted molar refractivity (Wildman–Crippen MR) is 97.3 cm³/mol. The van der Waals surface area contributed by atoms with Gasteiger partial charge < -0.3 is 14.8 Å². The summed E-state index contributed by atoms with van der Waals surface area (Å²) in [6.45, 7) is 1.39. The Morgan fingerprint density at radius 3 is 2.88 bits per heavy atom. The molecule has 0 fully saturated rings. The molecule has 0 saturated heterocycles. The number of ether oxygens (including phenoxy) is 2. The first kappa shape index (κ1) is 18.1. The van der Waals surface area contributed by atoms with Crippen LogP contribution in [0.2, 0.25) is 10.0 Å². The van der Waals surface area contributed by atoms with Crippen LogP contribution in [0.4, 0.5) is 0 Å². The molecule has 1 aromatic carbocycles. The van der Waals surface area contributed by atoms with Crippen molar-refractivity contribution >= 4 is 40.9 Å². The number of hydrogen-bond acceptors (Lipinski definition) is 6. The molecule has 0 saturated carbocycles. The molecule has 0 radical (unpaired) electrons. The Labute approximate surface area is 159 Å². The number of nitrogens with zero attached hydrogens (tertiary/aromatic N) is 2. The van der Waals surface area contributed by atoms with Gasteiger partial charge in [-0.1, -0.05) is 35.0 Å². The zero-order chi connectivity index (χ0) is 17.8. The molecule has 25 heavy (non-hydrogen) atoms. The fraction of sp³-hybridized carbons (Fsp3) is 0.312. The van der Waals surface area contributed by atoms with Gasteiger partial charge in [0.2, 0.25) is 0 Å². The van der Waals surface area contributed by atoms with Gasteiger partial charge in [0.05, 0.1) is 16.2 Å². The van der Waals surface area contributed by atoms with Crippen molar-refractivity contribution in [2.75, 3.05) is 26.0 Å². The first-order valence-corrected chi connectivity index (χ1v) is 9.49. The largest absolute Gasteiger partial charge is 0.486 e. The maximum atomic E-state index is 12.3. The Bertz CT molecular complexity index is 804. The molecule has 2 heterocycles. The fourth-order valence-corrected chi connectivity index (χ4v) is 3.13. The lowest BCUT2D eigenvalue weighted by atomic mass is 10.1. The molecule has 0 atom stereocenters. The minimum absolute atomic E-state index is 0.168. The van der Waals surface area contributed by atoms with Crippen molar-refractivity contribution < 1.29 is 14.3 Å². The van der Waals surface area contributed by atoms with Gasteiger partial charge in [-0.2, -0.15) is 0 Å². The van der Waals surface area contributed by atoms with E-state index in [0.29, 0.717) is 47.9 Å². The molecule has 132 valence electrons. The second-order valence-electron chi connectivity index (χ2n) is 5.16. The van der Waals surface area contributed by atoms with E-state index in [2.05, 4.69) is 15.3 Å². The van der Waals surface area contributed by atoms with Gasteiger partial charge in [-0.3, -0.25) is 4.79 Å². The van der Waals surface area contributed by atoms with E-state index in [1.165, 1.54) is 18.0 Å². The Balaban J connectivity index is 1.63. The summed E-state index contributed by atoms with van der Waals surface area (Å²) in [5.41, 5.74) is 1.11. The van der Waals surface area contributed by atoms with E-state index in [-0.39, 0.29) is 16.6 Å². The molecular formula is C16H15Cl2N3O3S. The van der Waals surface area contributed by atoms with Crippen LogP contribution in [0.5, 0.6) is 11.5 Å². The van der Waals surface area contributed by atoms with Crippen LogP contribution in [0.1, 0.15) is 16.1 Å². The molecule has 2 aromatic rings. The van der Waals surface area contributed by atoms with Crippen LogP contribution < -0.4 is 14.8 Å². The third-order valence-electron chi connectivity index (χ3n) is 3.48. The summed E-state index contributed by atoms with van der Waals surface area (Å²) in [6, 6.07) is 3.68. The van der Waals surface area contributed by atoms with E-state index in [1.807, 2.05) is 18.4 Å². The molecule has 1 aromatic heterocycles. The molecule has 1 N–H and O–H groups in total. The number of benzene rings is 1. The lowest BCUT2D eigenvalue weighted by Gasteiger charge is -2.20. The summed E-state index contributed by atoms with van der Waals surface area (Å²) < 4.78 is 11.0. The quantitative estimate of drug-likeness (QED) is 0.614. The van der Waals surface area contributed by atoms with Gasteiger partial charge in [-0.05, 0) is 30.4 Å². The van der Waals surface area contributed by atoms with E-state index >= 15 is 0 Å². The summed E-state index contributed by atoms with van der Waals surface area (Å²) in [6.07, 6.45) is 3.84. The fourth-order valence-electron chi connectivity index (χ4n) is 2.32. The zero-order valence-corrected chi connectivity index (χ0v) is 15.7. The lowest BCUT2D eigenvalue weighted by Crippen LogP contribution is -2.27. The van der Waals surface area contributed by atoms with Crippen LogP contribution in [0.3, 0.4) is 0 Å². The highest BCUT2D eigenvalue weighted by atomic mass is 35.5. The van der Waals surface area contributed by atoms with Crippen LogP contribution in [0, 0.1) is 0 Å². The van der Waals surface area contributed by atoms with E-state index in [0.717, 1.165) is 5.56 Å². The molecule has 1 aliphatic rings. The van der Waals surface area contributed by atoms with Crippen LogP contribution >= 0.6 is 35.0 Å². The van der Waals surface area contributed by atoms with Gasteiger partial charge in [0, 0.05) is 6.54 Å². The van der Waals surface area contributed by atoms with Gasteiger partial charge in [-0.25, -0.2) is 9.97 Å². The molecule has 1 amide bonds. The van der Waals surface area contributed by atoms with Crippen LogP contribution in [-0.2, 0) is 6.42 Å². The van der Waals surface area contributed by atoms with E-state index < -0.39 is 0 Å². The monoisotopic (exact) mass is 399 g/mol. The van der Waals surface area contributed by atoms with Gasteiger partial charge in [0.1, 0.15) is 13.2 Å². The van der Waals surface area contributed by atoms with Gasteiger partial charge in [0.15, 0.2) is 22.3 Å². The zero-order valence-electron chi connectivity index (χ0n) is 13.3.